The van der Waals surface area contributed by atoms with Crippen molar-refractivity contribution in [3.63, 3.8) is 0 Å². The Balaban J connectivity index is 1.61. The fraction of sp³-hybridized carbons (Fsp3) is 0.444. The second-order valence-corrected chi connectivity index (χ2v) is 9.02. The molecule has 10 heteroatoms. The minimum atomic E-state index is -3.64. The molecule has 1 aliphatic heterocycles. The molecule has 152 valence electrons. The molecule has 8 nitrogen and oxygen atoms in total. The second-order valence-electron chi connectivity index (χ2n) is 6.71. The van der Waals surface area contributed by atoms with Gasteiger partial charge < -0.3 is 9.64 Å². The molecule has 3 rings (SSSR count). The summed E-state index contributed by atoms with van der Waals surface area (Å²) in [5, 5.41) is 7.26. The number of nitrogens with zero attached hydrogens (tertiary/aromatic N) is 3. The van der Waals surface area contributed by atoms with Crippen LogP contribution >= 0.6 is 11.6 Å². The molecule has 1 N–H and O–H groups in total. The van der Waals surface area contributed by atoms with E-state index < -0.39 is 16.1 Å². The highest BCUT2D eigenvalue weighted by Gasteiger charge is 2.34. The molecule has 0 spiro atoms. The van der Waals surface area contributed by atoms with Crippen LogP contribution in [0.2, 0.25) is 5.02 Å². The van der Waals surface area contributed by atoms with Gasteiger partial charge in [-0.15, -0.1) is 0 Å². The van der Waals surface area contributed by atoms with Crippen LogP contribution in [0.5, 0.6) is 5.75 Å². The summed E-state index contributed by atoms with van der Waals surface area (Å²) < 4.78 is 32.9. The molecular weight excluding hydrogens is 404 g/mol. The Labute approximate surface area is 169 Å². The van der Waals surface area contributed by atoms with Gasteiger partial charge in [0.2, 0.25) is 10.0 Å². The molecule has 1 aliphatic rings. The van der Waals surface area contributed by atoms with E-state index in [9.17, 15) is 13.2 Å². The highest BCUT2D eigenvalue weighted by Crippen LogP contribution is 2.23. The summed E-state index contributed by atoms with van der Waals surface area (Å²) in [7, 11) is -3.64. The van der Waals surface area contributed by atoms with E-state index >= 15 is 0 Å². The first kappa shape index (κ1) is 20.6. The number of halogens is 1. The molecule has 0 saturated carbocycles. The van der Waals surface area contributed by atoms with Crippen molar-refractivity contribution in [1.29, 1.82) is 0 Å². The van der Waals surface area contributed by atoms with Gasteiger partial charge in [0.25, 0.3) is 5.91 Å². The number of hydrogen-bond donors (Lipinski definition) is 1. The minimum Gasteiger partial charge on any atom is -0.481 e. The van der Waals surface area contributed by atoms with E-state index in [-0.39, 0.29) is 23.9 Å². The van der Waals surface area contributed by atoms with Crippen molar-refractivity contribution in [1.82, 2.24) is 19.4 Å². The number of aromatic nitrogens is 2. The number of carbonyl (C=O) groups excluding carboxylic acids is 1. The van der Waals surface area contributed by atoms with Gasteiger partial charge >= 0.3 is 0 Å². The molecule has 1 unspecified atom stereocenters. The van der Waals surface area contributed by atoms with Gasteiger partial charge in [-0.1, -0.05) is 11.6 Å². The number of hydrogen-bond acceptors (Lipinski definition) is 5. The Kier molecular flexibility index (Phi) is 5.97. The molecule has 1 fully saturated rings. The Morgan fingerprint density at radius 2 is 1.79 bits per heavy atom. The Hall–Kier alpha value is -2.10. The predicted octanol–water partition coefficient (Wildman–Crippen LogP) is 1.98. The molecule has 1 aromatic heterocycles. The topological polar surface area (TPSA) is 95.6 Å². The summed E-state index contributed by atoms with van der Waals surface area (Å²) >= 11 is 5.85. The summed E-state index contributed by atoms with van der Waals surface area (Å²) in [6.07, 6.45) is -0.678. The molecule has 1 amide bonds. The number of rotatable bonds is 5. The SMILES string of the molecule is Cc1n[nH]c(C)c1S(=O)(=O)N1CCN(C(=O)C(C)Oc2ccc(Cl)cc2)CC1. The van der Waals surface area contributed by atoms with Gasteiger partial charge in [0.05, 0.1) is 11.4 Å². The molecule has 2 aromatic rings. The lowest BCUT2D eigenvalue weighted by atomic mass is 10.2. The van der Waals surface area contributed by atoms with E-state index in [0.717, 1.165) is 0 Å². The molecule has 0 bridgehead atoms. The fourth-order valence-electron chi connectivity index (χ4n) is 3.22. The van der Waals surface area contributed by atoms with Crippen molar-refractivity contribution in [3.8, 4) is 5.75 Å². The first-order valence-corrected chi connectivity index (χ1v) is 10.7. The van der Waals surface area contributed by atoms with E-state index in [4.69, 9.17) is 16.3 Å². The number of benzene rings is 1. The maximum atomic E-state index is 12.9. The fourth-order valence-corrected chi connectivity index (χ4v) is 5.10. The van der Waals surface area contributed by atoms with Crippen molar-refractivity contribution < 1.29 is 17.9 Å². The third-order valence-electron chi connectivity index (χ3n) is 4.68. The van der Waals surface area contributed by atoms with Crippen LogP contribution in [0.25, 0.3) is 0 Å². The maximum absolute atomic E-state index is 12.9. The zero-order valence-corrected chi connectivity index (χ0v) is 17.5. The lowest BCUT2D eigenvalue weighted by molar-refractivity contribution is -0.139. The van der Waals surface area contributed by atoms with Crippen molar-refractivity contribution in [2.75, 3.05) is 26.2 Å². The number of nitrogens with one attached hydrogen (secondary N) is 1. The van der Waals surface area contributed by atoms with Gasteiger partial charge in [0, 0.05) is 31.2 Å². The number of aromatic amines is 1. The number of amides is 1. The Bertz CT molecular complexity index is 931. The van der Waals surface area contributed by atoms with E-state index in [0.29, 0.717) is 35.2 Å². The van der Waals surface area contributed by atoms with Crippen molar-refractivity contribution in [2.45, 2.75) is 31.8 Å². The van der Waals surface area contributed by atoms with Crippen LogP contribution in [0.15, 0.2) is 29.2 Å². The Morgan fingerprint density at radius 3 is 2.32 bits per heavy atom. The third-order valence-corrected chi connectivity index (χ3v) is 7.10. The number of piperazine rings is 1. The number of aryl methyl sites for hydroxylation is 2. The van der Waals surface area contributed by atoms with Gasteiger partial charge in [-0.05, 0) is 45.0 Å². The summed E-state index contributed by atoms with van der Waals surface area (Å²) in [5.74, 6) is 0.375. The number of sulfonamides is 1. The lowest BCUT2D eigenvalue weighted by Gasteiger charge is -2.35. The number of H-pyrrole nitrogens is 1. The average molecular weight is 427 g/mol. The van der Waals surface area contributed by atoms with Crippen LogP contribution < -0.4 is 4.74 Å². The number of carbonyl (C=O) groups is 1. The molecule has 0 aliphatic carbocycles. The average Bonchev–Trinajstić information content (AvgIpc) is 3.02. The van der Waals surface area contributed by atoms with Crippen LogP contribution in [-0.2, 0) is 14.8 Å². The van der Waals surface area contributed by atoms with Crippen LogP contribution in [0, 0.1) is 13.8 Å². The molecule has 1 aromatic carbocycles. The maximum Gasteiger partial charge on any atom is 0.263 e. The molecule has 0 radical (unpaired) electrons. The monoisotopic (exact) mass is 426 g/mol. The van der Waals surface area contributed by atoms with Crippen LogP contribution in [0.4, 0.5) is 0 Å². The third kappa shape index (κ3) is 4.16. The van der Waals surface area contributed by atoms with Crippen molar-refractivity contribution >= 4 is 27.5 Å². The summed E-state index contributed by atoms with van der Waals surface area (Å²) in [4.78, 5) is 14.5. The second kappa shape index (κ2) is 8.10. The summed E-state index contributed by atoms with van der Waals surface area (Å²) in [5.41, 5.74) is 0.960. The van der Waals surface area contributed by atoms with E-state index in [1.807, 2.05) is 0 Å². The zero-order chi connectivity index (χ0) is 20.5. The van der Waals surface area contributed by atoms with Crippen LogP contribution in [0.1, 0.15) is 18.3 Å². The highest BCUT2D eigenvalue weighted by atomic mass is 35.5. The van der Waals surface area contributed by atoms with Gasteiger partial charge in [0.15, 0.2) is 6.10 Å². The van der Waals surface area contributed by atoms with Gasteiger partial charge in [-0.2, -0.15) is 9.40 Å². The highest BCUT2D eigenvalue weighted by molar-refractivity contribution is 7.89. The summed E-state index contributed by atoms with van der Waals surface area (Å²) in [6, 6.07) is 6.79. The van der Waals surface area contributed by atoms with Crippen molar-refractivity contribution in [2.24, 2.45) is 0 Å². The largest absolute Gasteiger partial charge is 0.481 e. The van der Waals surface area contributed by atoms with E-state index in [2.05, 4.69) is 10.2 Å². The first-order valence-electron chi connectivity index (χ1n) is 8.93. The first-order chi connectivity index (χ1) is 13.2. The van der Waals surface area contributed by atoms with Crippen LogP contribution in [0.3, 0.4) is 0 Å². The smallest absolute Gasteiger partial charge is 0.263 e. The molecule has 1 atom stereocenters. The van der Waals surface area contributed by atoms with E-state index in [1.165, 1.54) is 4.31 Å². The van der Waals surface area contributed by atoms with E-state index in [1.54, 1.807) is 49.9 Å². The van der Waals surface area contributed by atoms with Gasteiger partial charge in [0.1, 0.15) is 10.6 Å². The molecule has 2 heterocycles. The lowest BCUT2D eigenvalue weighted by Crippen LogP contribution is -2.53. The standard InChI is InChI=1S/C18H23ClN4O4S/c1-12-17(13(2)21-20-12)28(25,26)23-10-8-22(9-11-23)18(24)14(3)27-16-6-4-15(19)5-7-16/h4-7,14H,8-11H2,1-3H3,(H,20,21). The summed E-state index contributed by atoms with van der Waals surface area (Å²) in [6.45, 7) is 6.09. The minimum absolute atomic E-state index is 0.178. The molecule has 28 heavy (non-hydrogen) atoms. The van der Waals surface area contributed by atoms with Crippen LogP contribution in [-0.4, -0.2) is 66.0 Å². The van der Waals surface area contributed by atoms with Gasteiger partial charge in [-0.3, -0.25) is 9.89 Å². The zero-order valence-electron chi connectivity index (χ0n) is 16.0. The number of ether oxygens (including phenoxy) is 1. The van der Waals surface area contributed by atoms with Crippen molar-refractivity contribution in [3.05, 3.63) is 40.7 Å². The molecular formula is C18H23ClN4O4S. The normalized spacial score (nSPS) is 16.8. The Morgan fingerprint density at radius 1 is 1.18 bits per heavy atom. The quantitative estimate of drug-likeness (QED) is 0.788. The predicted molar refractivity (Wildman–Crippen MR) is 105 cm³/mol. The van der Waals surface area contributed by atoms with Gasteiger partial charge in [-0.25, -0.2) is 8.42 Å². The molecule has 1 saturated heterocycles.